The van der Waals surface area contributed by atoms with Crippen LogP contribution in [0.3, 0.4) is 0 Å². The van der Waals surface area contributed by atoms with Crippen LogP contribution in [0.5, 0.6) is 0 Å². The van der Waals surface area contributed by atoms with Crippen LogP contribution in [-0.4, -0.2) is 25.0 Å². The minimum Gasteiger partial charge on any atom is -0.463 e. The normalized spacial score (nSPS) is 10.5. The number of nitrogens with one attached hydrogen (secondary N) is 2. The van der Waals surface area contributed by atoms with Gasteiger partial charge in [0.25, 0.3) is 0 Å². The first-order chi connectivity index (χ1) is 12.6. The lowest BCUT2D eigenvalue weighted by molar-refractivity contribution is -0.137. The van der Waals surface area contributed by atoms with Crippen LogP contribution in [0.2, 0.25) is 0 Å². The fraction of sp³-hybridized carbons (Fsp3) is 0.238. The SMILES string of the molecule is CCOC(=O)/C=C/c1ccc(NCC(=O)Nc2cccc(CC)c2)cc1. The lowest BCUT2D eigenvalue weighted by Gasteiger charge is -2.09. The molecule has 0 aliphatic rings. The number of benzene rings is 2. The Bertz CT molecular complexity index is 767. The smallest absolute Gasteiger partial charge is 0.330 e. The molecule has 0 saturated carbocycles. The van der Waals surface area contributed by atoms with Crippen LogP contribution < -0.4 is 10.6 Å². The van der Waals surface area contributed by atoms with E-state index < -0.39 is 0 Å². The van der Waals surface area contributed by atoms with E-state index in [-0.39, 0.29) is 18.4 Å². The minimum absolute atomic E-state index is 0.107. The van der Waals surface area contributed by atoms with Crippen molar-refractivity contribution in [3.05, 3.63) is 65.7 Å². The average molecular weight is 352 g/mol. The van der Waals surface area contributed by atoms with Gasteiger partial charge in [-0.2, -0.15) is 0 Å². The summed E-state index contributed by atoms with van der Waals surface area (Å²) >= 11 is 0. The number of anilines is 2. The number of carbonyl (C=O) groups is 2. The maximum atomic E-state index is 12.1. The van der Waals surface area contributed by atoms with Crippen LogP contribution in [0.1, 0.15) is 25.0 Å². The molecule has 26 heavy (non-hydrogen) atoms. The zero-order chi connectivity index (χ0) is 18.8. The summed E-state index contributed by atoms with van der Waals surface area (Å²) in [4.78, 5) is 23.3. The second-order valence-electron chi connectivity index (χ2n) is 5.66. The van der Waals surface area contributed by atoms with Crippen molar-refractivity contribution in [2.24, 2.45) is 0 Å². The Balaban J connectivity index is 1.83. The summed E-state index contributed by atoms with van der Waals surface area (Å²) in [7, 11) is 0. The summed E-state index contributed by atoms with van der Waals surface area (Å²) in [5.74, 6) is -0.469. The third-order valence-corrected chi connectivity index (χ3v) is 3.68. The molecule has 0 bridgehead atoms. The minimum atomic E-state index is -0.362. The first-order valence-electron chi connectivity index (χ1n) is 8.68. The second-order valence-corrected chi connectivity index (χ2v) is 5.66. The molecule has 5 heteroatoms. The fourth-order valence-electron chi connectivity index (χ4n) is 2.32. The monoisotopic (exact) mass is 352 g/mol. The van der Waals surface area contributed by atoms with Gasteiger partial charge in [0.1, 0.15) is 0 Å². The Morgan fingerprint density at radius 3 is 2.50 bits per heavy atom. The van der Waals surface area contributed by atoms with Crippen molar-refractivity contribution in [3.63, 3.8) is 0 Å². The Hall–Kier alpha value is -3.08. The molecule has 0 spiro atoms. The predicted octanol–water partition coefficient (Wildman–Crippen LogP) is 3.88. The van der Waals surface area contributed by atoms with Crippen LogP contribution in [0.4, 0.5) is 11.4 Å². The highest BCUT2D eigenvalue weighted by atomic mass is 16.5. The first kappa shape index (κ1) is 19.2. The molecule has 0 atom stereocenters. The highest BCUT2D eigenvalue weighted by Gasteiger charge is 2.03. The Kier molecular flexibility index (Phi) is 7.43. The van der Waals surface area contributed by atoms with Crippen molar-refractivity contribution in [2.45, 2.75) is 20.3 Å². The molecule has 2 N–H and O–H groups in total. The van der Waals surface area contributed by atoms with E-state index >= 15 is 0 Å². The van der Waals surface area contributed by atoms with Crippen molar-refractivity contribution in [1.82, 2.24) is 0 Å². The largest absolute Gasteiger partial charge is 0.463 e. The summed E-state index contributed by atoms with van der Waals surface area (Å²) < 4.78 is 4.83. The van der Waals surface area contributed by atoms with E-state index in [1.54, 1.807) is 13.0 Å². The molecule has 0 saturated heterocycles. The Morgan fingerprint density at radius 1 is 1.04 bits per heavy atom. The Labute approximate surface area is 154 Å². The van der Waals surface area contributed by atoms with Crippen molar-refractivity contribution in [2.75, 3.05) is 23.8 Å². The van der Waals surface area contributed by atoms with Gasteiger partial charge in [-0.3, -0.25) is 4.79 Å². The van der Waals surface area contributed by atoms with E-state index in [9.17, 15) is 9.59 Å². The number of carbonyl (C=O) groups excluding carboxylic acids is 2. The van der Waals surface area contributed by atoms with E-state index in [0.29, 0.717) is 6.61 Å². The molecule has 0 radical (unpaired) electrons. The number of aryl methyl sites for hydroxylation is 1. The lowest BCUT2D eigenvalue weighted by atomic mass is 10.1. The highest BCUT2D eigenvalue weighted by molar-refractivity contribution is 5.93. The molecule has 0 unspecified atom stereocenters. The van der Waals surface area contributed by atoms with Gasteiger partial charge in [0, 0.05) is 17.5 Å². The van der Waals surface area contributed by atoms with Crippen molar-refractivity contribution >= 4 is 29.3 Å². The molecule has 2 aromatic rings. The number of rotatable bonds is 8. The molecule has 2 rings (SSSR count). The molecule has 0 aliphatic heterocycles. The third kappa shape index (κ3) is 6.43. The maximum absolute atomic E-state index is 12.1. The van der Waals surface area contributed by atoms with Gasteiger partial charge in [0.15, 0.2) is 0 Å². The van der Waals surface area contributed by atoms with Crippen LogP contribution >= 0.6 is 0 Å². The first-order valence-corrected chi connectivity index (χ1v) is 8.68. The molecule has 0 aromatic heterocycles. The van der Waals surface area contributed by atoms with Crippen LogP contribution in [0, 0.1) is 0 Å². The van der Waals surface area contributed by atoms with Gasteiger partial charge in [-0.15, -0.1) is 0 Å². The van der Waals surface area contributed by atoms with Crippen LogP contribution in [0.25, 0.3) is 6.08 Å². The lowest BCUT2D eigenvalue weighted by Crippen LogP contribution is -2.21. The molecule has 2 aromatic carbocycles. The molecule has 0 heterocycles. The topological polar surface area (TPSA) is 67.4 Å². The van der Waals surface area contributed by atoms with Crippen molar-refractivity contribution < 1.29 is 14.3 Å². The molecule has 1 amide bonds. The zero-order valence-electron chi connectivity index (χ0n) is 15.1. The van der Waals surface area contributed by atoms with Gasteiger partial charge in [-0.25, -0.2) is 4.79 Å². The van der Waals surface area contributed by atoms with Crippen molar-refractivity contribution in [3.8, 4) is 0 Å². The van der Waals surface area contributed by atoms with Gasteiger partial charge in [-0.05, 0) is 54.8 Å². The average Bonchev–Trinajstić information content (AvgIpc) is 2.66. The zero-order valence-corrected chi connectivity index (χ0v) is 15.1. The van der Waals surface area contributed by atoms with Gasteiger partial charge < -0.3 is 15.4 Å². The van der Waals surface area contributed by atoms with E-state index in [1.807, 2.05) is 48.5 Å². The summed E-state index contributed by atoms with van der Waals surface area (Å²) in [6, 6.07) is 15.3. The fourth-order valence-corrected chi connectivity index (χ4v) is 2.32. The number of ether oxygens (including phenoxy) is 1. The van der Waals surface area contributed by atoms with E-state index in [4.69, 9.17) is 4.74 Å². The van der Waals surface area contributed by atoms with E-state index in [2.05, 4.69) is 17.6 Å². The number of esters is 1. The quantitative estimate of drug-likeness (QED) is 0.559. The van der Waals surface area contributed by atoms with Gasteiger partial charge in [-0.1, -0.05) is 31.2 Å². The second kappa shape index (κ2) is 10.0. The molecular formula is C21H24N2O3. The standard InChI is InChI=1S/C21H24N2O3/c1-3-16-6-5-7-19(14-16)23-20(24)15-22-18-11-8-17(9-12-18)10-13-21(25)26-4-2/h5-14,22H,3-4,15H2,1-2H3,(H,23,24)/b13-10+. The number of hydrogen-bond donors (Lipinski definition) is 2. The maximum Gasteiger partial charge on any atom is 0.330 e. The van der Waals surface area contributed by atoms with E-state index in [0.717, 1.165) is 23.4 Å². The van der Waals surface area contributed by atoms with Gasteiger partial charge >= 0.3 is 5.97 Å². The summed E-state index contributed by atoms with van der Waals surface area (Å²) in [6.45, 7) is 4.38. The molecule has 0 aliphatic carbocycles. The highest BCUT2D eigenvalue weighted by Crippen LogP contribution is 2.12. The molecule has 0 fully saturated rings. The molecule has 5 nitrogen and oxygen atoms in total. The van der Waals surface area contributed by atoms with Gasteiger partial charge in [0.05, 0.1) is 13.2 Å². The van der Waals surface area contributed by atoms with Crippen LogP contribution in [-0.2, 0) is 20.7 Å². The number of amides is 1. The molecular weight excluding hydrogens is 328 g/mol. The predicted molar refractivity (Wildman–Crippen MR) is 105 cm³/mol. The van der Waals surface area contributed by atoms with E-state index in [1.165, 1.54) is 11.6 Å². The summed E-state index contributed by atoms with van der Waals surface area (Å²) in [5, 5.41) is 5.96. The summed E-state index contributed by atoms with van der Waals surface area (Å²) in [5.41, 5.74) is 3.69. The molecule has 136 valence electrons. The summed E-state index contributed by atoms with van der Waals surface area (Å²) in [6.07, 6.45) is 4.01. The number of hydrogen-bond acceptors (Lipinski definition) is 4. The van der Waals surface area contributed by atoms with Crippen LogP contribution in [0.15, 0.2) is 54.6 Å². The Morgan fingerprint density at radius 2 is 1.81 bits per heavy atom. The van der Waals surface area contributed by atoms with Gasteiger partial charge in [0.2, 0.25) is 5.91 Å². The third-order valence-electron chi connectivity index (χ3n) is 3.68. The van der Waals surface area contributed by atoms with Crippen molar-refractivity contribution in [1.29, 1.82) is 0 Å².